The zero-order valence-electron chi connectivity index (χ0n) is 21.1. The summed E-state index contributed by atoms with van der Waals surface area (Å²) in [6.07, 6.45) is 13.7. The number of pyridine rings is 1. The number of aromatic nitrogens is 1. The molecule has 0 radical (unpaired) electrons. The molecule has 192 valence electrons. The second-order valence-corrected chi connectivity index (χ2v) is 12.5. The Kier molecular flexibility index (Phi) is 9.62. The van der Waals surface area contributed by atoms with Crippen LogP contribution < -0.4 is 5.32 Å². The van der Waals surface area contributed by atoms with Crippen LogP contribution >= 0.6 is 0 Å². The Morgan fingerprint density at radius 3 is 2.29 bits per heavy atom. The monoisotopic (exact) mass is 491 g/mol. The molecular formula is C26H45N5O2S. The van der Waals surface area contributed by atoms with Gasteiger partial charge in [-0.3, -0.25) is 0 Å². The number of nitrogens with one attached hydrogen (secondary N) is 1. The number of rotatable bonds is 10. The molecule has 4 rings (SSSR count). The smallest absolute Gasteiger partial charge is 0.244 e. The van der Waals surface area contributed by atoms with E-state index in [-0.39, 0.29) is 0 Å². The summed E-state index contributed by atoms with van der Waals surface area (Å²) in [7, 11) is -3.46. The molecular weight excluding hydrogens is 446 g/mol. The lowest BCUT2D eigenvalue weighted by Gasteiger charge is -2.33. The molecule has 7 nitrogen and oxygen atoms in total. The molecule has 1 unspecified atom stereocenters. The molecule has 3 fully saturated rings. The average Bonchev–Trinajstić information content (AvgIpc) is 2.89. The third-order valence-corrected chi connectivity index (χ3v) is 10.0. The van der Waals surface area contributed by atoms with Crippen molar-refractivity contribution in [1.29, 1.82) is 0 Å². The molecule has 8 heteroatoms. The van der Waals surface area contributed by atoms with Crippen LogP contribution in [0.4, 0.5) is 5.82 Å². The van der Waals surface area contributed by atoms with Crippen molar-refractivity contribution in [1.82, 2.24) is 19.1 Å². The third-order valence-electron chi connectivity index (χ3n) is 8.13. The van der Waals surface area contributed by atoms with E-state index >= 15 is 0 Å². The second kappa shape index (κ2) is 12.7. The highest BCUT2D eigenvalue weighted by Crippen LogP contribution is 2.26. The minimum Gasteiger partial charge on any atom is -0.370 e. The van der Waals surface area contributed by atoms with Crippen LogP contribution in [0, 0.1) is 5.92 Å². The zero-order chi connectivity index (χ0) is 23.8. The van der Waals surface area contributed by atoms with E-state index in [4.69, 9.17) is 0 Å². The third kappa shape index (κ3) is 7.15. The molecule has 0 bridgehead atoms. The van der Waals surface area contributed by atoms with Crippen molar-refractivity contribution in [3.63, 3.8) is 0 Å². The Bertz CT molecular complexity index is 827. The van der Waals surface area contributed by atoms with Crippen LogP contribution in [0.5, 0.6) is 0 Å². The Labute approximate surface area is 207 Å². The quantitative estimate of drug-likeness (QED) is 0.533. The highest BCUT2D eigenvalue weighted by Gasteiger charge is 2.30. The van der Waals surface area contributed by atoms with Gasteiger partial charge in [-0.1, -0.05) is 12.8 Å². The summed E-state index contributed by atoms with van der Waals surface area (Å²) in [6, 6.07) is 4.08. The summed E-state index contributed by atoms with van der Waals surface area (Å²) in [5.74, 6) is 1.40. The average molecular weight is 492 g/mol. The van der Waals surface area contributed by atoms with E-state index in [0.29, 0.717) is 29.9 Å². The van der Waals surface area contributed by atoms with E-state index in [9.17, 15) is 8.42 Å². The van der Waals surface area contributed by atoms with Gasteiger partial charge in [-0.15, -0.1) is 0 Å². The second-order valence-electron chi connectivity index (χ2n) is 10.6. The van der Waals surface area contributed by atoms with Crippen molar-refractivity contribution in [2.24, 2.45) is 5.92 Å². The number of hydrogen-bond donors (Lipinski definition) is 1. The van der Waals surface area contributed by atoms with Crippen LogP contribution in [-0.2, 0) is 10.0 Å². The van der Waals surface area contributed by atoms with Gasteiger partial charge < -0.3 is 15.1 Å². The molecule has 1 aromatic heterocycles. The lowest BCUT2D eigenvalue weighted by Crippen LogP contribution is -2.39. The van der Waals surface area contributed by atoms with Crippen molar-refractivity contribution >= 4 is 15.8 Å². The van der Waals surface area contributed by atoms with Gasteiger partial charge >= 0.3 is 0 Å². The molecule has 0 aliphatic carbocycles. The van der Waals surface area contributed by atoms with Gasteiger partial charge in [0.25, 0.3) is 0 Å². The molecule has 0 amide bonds. The van der Waals surface area contributed by atoms with Gasteiger partial charge in [-0.05, 0) is 109 Å². The van der Waals surface area contributed by atoms with Crippen molar-refractivity contribution < 1.29 is 8.42 Å². The first-order valence-electron chi connectivity index (χ1n) is 13.7. The predicted molar refractivity (Wildman–Crippen MR) is 139 cm³/mol. The number of nitrogens with zero attached hydrogens (tertiary/aromatic N) is 4. The first-order chi connectivity index (χ1) is 16.5. The molecule has 1 aromatic rings. The van der Waals surface area contributed by atoms with Gasteiger partial charge in [-0.25, -0.2) is 13.4 Å². The van der Waals surface area contributed by atoms with Crippen molar-refractivity contribution in [2.75, 3.05) is 57.7 Å². The molecule has 0 spiro atoms. The summed E-state index contributed by atoms with van der Waals surface area (Å²) >= 11 is 0. The fourth-order valence-electron chi connectivity index (χ4n) is 5.72. The lowest BCUT2D eigenvalue weighted by molar-refractivity contribution is 0.169. The Morgan fingerprint density at radius 1 is 0.971 bits per heavy atom. The number of likely N-dealkylation sites (tertiary alicyclic amines) is 2. The number of hydrogen-bond acceptors (Lipinski definition) is 6. The molecule has 1 N–H and O–H groups in total. The molecule has 3 aliphatic rings. The summed E-state index contributed by atoms with van der Waals surface area (Å²) in [6.45, 7) is 10.5. The van der Waals surface area contributed by atoms with E-state index < -0.39 is 10.0 Å². The predicted octanol–water partition coefficient (Wildman–Crippen LogP) is 4.03. The minimum absolute atomic E-state index is 0.312. The van der Waals surface area contributed by atoms with E-state index in [1.165, 1.54) is 83.9 Å². The van der Waals surface area contributed by atoms with Gasteiger partial charge in [0, 0.05) is 31.9 Å². The molecule has 3 saturated heterocycles. The minimum atomic E-state index is -3.46. The van der Waals surface area contributed by atoms with Crippen LogP contribution in [0.3, 0.4) is 0 Å². The van der Waals surface area contributed by atoms with Gasteiger partial charge in [0.05, 0.1) is 0 Å². The molecule has 0 saturated carbocycles. The van der Waals surface area contributed by atoms with E-state index in [1.54, 1.807) is 10.4 Å². The summed E-state index contributed by atoms with van der Waals surface area (Å²) in [5, 5.41) is 3.37. The number of anilines is 1. The zero-order valence-corrected chi connectivity index (χ0v) is 21.9. The summed E-state index contributed by atoms with van der Waals surface area (Å²) < 4.78 is 27.9. The first kappa shape index (κ1) is 25.9. The Morgan fingerprint density at radius 2 is 1.65 bits per heavy atom. The highest BCUT2D eigenvalue weighted by atomic mass is 32.2. The largest absolute Gasteiger partial charge is 0.370 e. The number of sulfonamides is 1. The first-order valence-corrected chi connectivity index (χ1v) is 15.1. The van der Waals surface area contributed by atoms with Gasteiger partial charge in [0.2, 0.25) is 10.0 Å². The fraction of sp³-hybridized carbons (Fsp3) is 0.808. The molecule has 4 heterocycles. The van der Waals surface area contributed by atoms with Crippen LogP contribution in [0.2, 0.25) is 0 Å². The van der Waals surface area contributed by atoms with E-state index in [1.807, 2.05) is 6.07 Å². The normalized spacial score (nSPS) is 23.1. The number of piperidine rings is 3. The van der Waals surface area contributed by atoms with Gasteiger partial charge in [0.15, 0.2) is 0 Å². The topological polar surface area (TPSA) is 68.8 Å². The summed E-state index contributed by atoms with van der Waals surface area (Å²) in [4.78, 5) is 9.88. The van der Waals surface area contributed by atoms with E-state index in [0.717, 1.165) is 31.6 Å². The van der Waals surface area contributed by atoms with Crippen molar-refractivity contribution in [3.8, 4) is 0 Å². The van der Waals surface area contributed by atoms with Crippen LogP contribution in [0.1, 0.15) is 71.1 Å². The van der Waals surface area contributed by atoms with Crippen LogP contribution in [-0.4, -0.2) is 85.9 Å². The molecule has 34 heavy (non-hydrogen) atoms. The fourth-order valence-corrected chi connectivity index (χ4v) is 7.14. The van der Waals surface area contributed by atoms with Crippen LogP contribution in [0.25, 0.3) is 0 Å². The SMILES string of the molecule is CC(CCNc1ccc(S(=O)(=O)N2CCC(CCN3CCCCC3)CC2)cn1)N1CCCCC1. The maximum absolute atomic E-state index is 13.1. The molecule has 1 atom stereocenters. The maximum Gasteiger partial charge on any atom is 0.244 e. The van der Waals surface area contributed by atoms with Gasteiger partial charge in [0.1, 0.15) is 10.7 Å². The molecule has 3 aliphatic heterocycles. The van der Waals surface area contributed by atoms with E-state index in [2.05, 4.69) is 27.0 Å². The van der Waals surface area contributed by atoms with Crippen molar-refractivity contribution in [3.05, 3.63) is 18.3 Å². The van der Waals surface area contributed by atoms with Gasteiger partial charge in [-0.2, -0.15) is 4.31 Å². The highest BCUT2D eigenvalue weighted by molar-refractivity contribution is 7.89. The summed E-state index contributed by atoms with van der Waals surface area (Å²) in [5.41, 5.74) is 0. The van der Waals surface area contributed by atoms with Crippen molar-refractivity contribution in [2.45, 2.75) is 82.1 Å². The lowest BCUT2D eigenvalue weighted by atomic mass is 9.94. The Hall–Kier alpha value is -1.22. The maximum atomic E-state index is 13.1. The standard InChI is InChI=1S/C26H45N5O2S/c1-23(30-17-6-3-7-18-30)10-14-27-26-9-8-25(22-28-26)34(32,33)31-20-12-24(13-21-31)11-19-29-15-4-2-5-16-29/h8-9,22-24H,2-7,10-21H2,1H3,(H,27,28). The molecule has 0 aromatic carbocycles. The van der Waals surface area contributed by atoms with Crippen LogP contribution in [0.15, 0.2) is 23.2 Å². The Balaban J connectivity index is 1.19.